The monoisotopic (exact) mass is 573 g/mol. The second-order valence-corrected chi connectivity index (χ2v) is 11.0. The van der Waals surface area contributed by atoms with Crippen LogP contribution in [0.1, 0.15) is 36.6 Å². The van der Waals surface area contributed by atoms with Crippen LogP contribution in [0.5, 0.6) is 0 Å². The number of guanidine groups is 1. The number of aryl methyl sites for hydroxylation is 1. The summed E-state index contributed by atoms with van der Waals surface area (Å²) in [5.74, 6) is 0.683. The minimum atomic E-state index is -3.29. The maximum Gasteiger partial charge on any atom is 0.209 e. The van der Waals surface area contributed by atoms with E-state index >= 15 is 0 Å². The topological polar surface area (TPSA) is 95.1 Å². The first kappa shape index (κ1) is 27.6. The molecule has 30 heavy (non-hydrogen) atoms. The van der Waals surface area contributed by atoms with Crippen LogP contribution in [0, 0.1) is 6.92 Å². The normalized spacial score (nSPS) is 17.3. The van der Waals surface area contributed by atoms with Crippen molar-refractivity contribution >= 4 is 51.3 Å². The Labute approximate surface area is 202 Å². The van der Waals surface area contributed by atoms with Crippen molar-refractivity contribution in [3.63, 3.8) is 0 Å². The number of hydrogen-bond donors (Lipinski definition) is 3. The molecule has 0 radical (unpaired) electrons. The molecule has 2 heterocycles. The van der Waals surface area contributed by atoms with Gasteiger partial charge in [0.1, 0.15) is 0 Å². The Kier molecular flexibility index (Phi) is 11.5. The lowest BCUT2D eigenvalue weighted by Gasteiger charge is -2.34. The first-order valence-corrected chi connectivity index (χ1v) is 12.7. The van der Waals surface area contributed by atoms with E-state index in [0.29, 0.717) is 19.0 Å². The number of aliphatic imine (C=N–C) groups is 1. The van der Waals surface area contributed by atoms with Gasteiger partial charge < -0.3 is 15.4 Å². The van der Waals surface area contributed by atoms with Crippen molar-refractivity contribution in [3.8, 4) is 0 Å². The smallest absolute Gasteiger partial charge is 0.209 e. The molecule has 1 aliphatic rings. The van der Waals surface area contributed by atoms with E-state index in [1.54, 1.807) is 0 Å². The van der Waals surface area contributed by atoms with Gasteiger partial charge in [0, 0.05) is 41.5 Å². The minimum Gasteiger partial charge on any atom is -0.379 e. The zero-order chi connectivity index (χ0) is 21.5. The molecule has 8 nitrogen and oxygen atoms in total. The van der Waals surface area contributed by atoms with Crippen LogP contribution in [0.15, 0.2) is 17.1 Å². The third-order valence-corrected chi connectivity index (χ3v) is 6.50. The molecule has 1 atom stereocenters. The fourth-order valence-electron chi connectivity index (χ4n) is 3.28. The molecule has 11 heteroatoms. The number of sulfonamides is 1. The number of rotatable bonds is 9. The maximum atomic E-state index is 11.6. The van der Waals surface area contributed by atoms with Gasteiger partial charge in [-0.05, 0) is 39.8 Å². The minimum absolute atomic E-state index is 0. The number of nitrogens with one attached hydrogen (secondary N) is 3. The number of morpholine rings is 1. The number of nitrogens with zero attached hydrogens (tertiary/aromatic N) is 2. The van der Waals surface area contributed by atoms with Gasteiger partial charge in [0.2, 0.25) is 10.0 Å². The molecule has 2 rings (SSSR count). The lowest BCUT2D eigenvalue weighted by atomic mass is 10.1. The fraction of sp³-hybridized carbons (Fsp3) is 0.737. The summed E-state index contributed by atoms with van der Waals surface area (Å²) in [4.78, 5) is 9.68. The van der Waals surface area contributed by atoms with Crippen LogP contribution < -0.4 is 15.4 Å². The summed E-state index contributed by atoms with van der Waals surface area (Å²) in [5.41, 5.74) is -0.662. The Morgan fingerprint density at radius 1 is 1.30 bits per heavy atom. The Morgan fingerprint density at radius 2 is 1.97 bits per heavy atom. The van der Waals surface area contributed by atoms with Crippen molar-refractivity contribution in [2.45, 2.75) is 39.3 Å². The van der Waals surface area contributed by atoms with Crippen LogP contribution >= 0.6 is 35.3 Å². The van der Waals surface area contributed by atoms with E-state index in [2.05, 4.69) is 44.3 Å². The molecule has 1 saturated heterocycles. The van der Waals surface area contributed by atoms with E-state index < -0.39 is 15.6 Å². The fourth-order valence-corrected chi connectivity index (χ4v) is 5.36. The van der Waals surface area contributed by atoms with E-state index in [-0.39, 0.29) is 30.0 Å². The van der Waals surface area contributed by atoms with Gasteiger partial charge in [-0.25, -0.2) is 13.1 Å². The van der Waals surface area contributed by atoms with Gasteiger partial charge in [-0.2, -0.15) is 0 Å². The second-order valence-electron chi connectivity index (χ2n) is 7.95. The third kappa shape index (κ3) is 9.77. The van der Waals surface area contributed by atoms with E-state index in [1.807, 2.05) is 32.1 Å². The third-order valence-electron chi connectivity index (χ3n) is 4.48. The van der Waals surface area contributed by atoms with Crippen molar-refractivity contribution in [3.05, 3.63) is 21.9 Å². The molecule has 174 valence electrons. The highest BCUT2D eigenvalue weighted by Crippen LogP contribution is 2.27. The van der Waals surface area contributed by atoms with Gasteiger partial charge in [0.25, 0.3) is 0 Å². The predicted octanol–water partition coefficient (Wildman–Crippen LogP) is 1.93. The SMILES string of the molecule is CCNC(=NCC(C)(C)NS(C)(=O)=O)NCC(c1ccc(C)s1)N1CCOCC1.I. The van der Waals surface area contributed by atoms with Gasteiger partial charge in [-0.1, -0.05) is 0 Å². The van der Waals surface area contributed by atoms with E-state index in [4.69, 9.17) is 4.74 Å². The molecule has 1 aromatic heterocycles. The molecule has 3 N–H and O–H groups in total. The van der Waals surface area contributed by atoms with Crippen molar-refractivity contribution in [1.82, 2.24) is 20.3 Å². The standard InChI is InChI=1S/C19H35N5O3S2.HI/c1-6-20-18(22-14-19(3,4)23-29(5,25)26)21-13-16(17-8-7-15(2)28-17)24-9-11-27-12-10-24;/h7-8,16,23H,6,9-14H2,1-5H3,(H2,20,21,22);1H. The van der Waals surface area contributed by atoms with Gasteiger partial charge in [-0.15, -0.1) is 35.3 Å². The number of ether oxygens (including phenoxy) is 1. The van der Waals surface area contributed by atoms with Crippen molar-refractivity contribution < 1.29 is 13.2 Å². The maximum absolute atomic E-state index is 11.6. The molecule has 0 amide bonds. The average Bonchev–Trinajstić information content (AvgIpc) is 3.05. The van der Waals surface area contributed by atoms with Gasteiger partial charge >= 0.3 is 0 Å². The van der Waals surface area contributed by atoms with Crippen molar-refractivity contribution in [2.75, 3.05) is 52.2 Å². The Balaban J connectivity index is 0.00000450. The largest absolute Gasteiger partial charge is 0.379 e. The molecule has 0 aliphatic carbocycles. The highest BCUT2D eigenvalue weighted by molar-refractivity contribution is 14.0. The summed E-state index contributed by atoms with van der Waals surface area (Å²) in [6.45, 7) is 12.9. The molecule has 1 aliphatic heterocycles. The second kappa shape index (κ2) is 12.5. The molecule has 0 saturated carbocycles. The van der Waals surface area contributed by atoms with Crippen molar-refractivity contribution in [1.29, 1.82) is 0 Å². The van der Waals surface area contributed by atoms with Crippen LogP contribution in [-0.2, 0) is 14.8 Å². The Morgan fingerprint density at radius 3 is 2.50 bits per heavy atom. The highest BCUT2D eigenvalue weighted by Gasteiger charge is 2.25. The first-order chi connectivity index (χ1) is 13.6. The van der Waals surface area contributed by atoms with Crippen LogP contribution in [0.25, 0.3) is 0 Å². The summed E-state index contributed by atoms with van der Waals surface area (Å²) < 4.78 is 31.3. The van der Waals surface area contributed by atoms with Crippen LogP contribution in [0.3, 0.4) is 0 Å². The van der Waals surface area contributed by atoms with E-state index in [0.717, 1.165) is 39.1 Å². The van der Waals surface area contributed by atoms with Crippen molar-refractivity contribution in [2.24, 2.45) is 4.99 Å². The van der Waals surface area contributed by atoms with Gasteiger partial charge in [-0.3, -0.25) is 9.89 Å². The number of hydrogen-bond acceptors (Lipinski definition) is 6. The van der Waals surface area contributed by atoms with Gasteiger partial charge in [0.05, 0.1) is 32.1 Å². The predicted molar refractivity (Wildman–Crippen MR) is 136 cm³/mol. The summed E-state index contributed by atoms with van der Waals surface area (Å²) in [7, 11) is -3.29. The molecule has 1 unspecified atom stereocenters. The lowest BCUT2D eigenvalue weighted by Crippen LogP contribution is -2.48. The molecule has 1 aromatic rings. The zero-order valence-electron chi connectivity index (χ0n) is 18.5. The molecular formula is C19H36IN5O3S2. The van der Waals surface area contributed by atoms with E-state index in [9.17, 15) is 8.42 Å². The molecule has 1 fully saturated rings. The lowest BCUT2D eigenvalue weighted by molar-refractivity contribution is 0.0177. The highest BCUT2D eigenvalue weighted by atomic mass is 127. The number of halogens is 1. The summed E-state index contributed by atoms with van der Waals surface area (Å²) in [6, 6.07) is 4.60. The molecule has 0 aromatic carbocycles. The quantitative estimate of drug-likeness (QED) is 0.238. The summed E-state index contributed by atoms with van der Waals surface area (Å²) in [6.07, 6.45) is 1.16. The van der Waals surface area contributed by atoms with E-state index in [1.165, 1.54) is 9.75 Å². The summed E-state index contributed by atoms with van der Waals surface area (Å²) >= 11 is 1.82. The summed E-state index contributed by atoms with van der Waals surface area (Å²) in [5, 5.41) is 6.70. The Bertz CT molecular complexity index is 777. The van der Waals surface area contributed by atoms with Crippen LogP contribution in [0.2, 0.25) is 0 Å². The van der Waals surface area contributed by atoms with Crippen LogP contribution in [0.4, 0.5) is 0 Å². The zero-order valence-corrected chi connectivity index (χ0v) is 22.5. The van der Waals surface area contributed by atoms with Crippen LogP contribution in [-0.4, -0.2) is 77.0 Å². The Hall–Kier alpha value is -0.470. The average molecular weight is 574 g/mol. The first-order valence-electron chi connectivity index (χ1n) is 9.99. The molecule has 0 bridgehead atoms. The molecular weight excluding hydrogens is 537 g/mol. The van der Waals surface area contributed by atoms with Gasteiger partial charge in [0.15, 0.2) is 5.96 Å². The number of thiophene rings is 1. The molecule has 0 spiro atoms.